The number of hydrogen-bond donors (Lipinski definition) is 0. The van der Waals surface area contributed by atoms with Gasteiger partial charge in [-0.1, -0.05) is 18.2 Å². The molecule has 0 fully saturated rings. The fraction of sp³-hybridized carbons (Fsp3) is 0.333. The van der Waals surface area contributed by atoms with Crippen molar-refractivity contribution < 1.29 is 4.21 Å². The van der Waals surface area contributed by atoms with Gasteiger partial charge in [0, 0.05) is 12.8 Å². The number of benzene rings is 1. The summed E-state index contributed by atoms with van der Waals surface area (Å²) in [5.74, 6) is 0. The highest BCUT2D eigenvalue weighted by atomic mass is 32.2. The molecule has 0 saturated carbocycles. The van der Waals surface area contributed by atoms with Gasteiger partial charge in [0.25, 0.3) is 0 Å². The van der Waals surface area contributed by atoms with E-state index in [1.54, 1.807) is 6.26 Å². The number of nitrogens with zero attached hydrogens (tertiary/aromatic N) is 1. The van der Waals surface area contributed by atoms with Crippen molar-refractivity contribution in [3.05, 3.63) is 29.8 Å². The fourth-order valence-electron chi connectivity index (χ4n) is 1.58. The Labute approximate surface area is 74.8 Å². The molecule has 3 heteroatoms. The number of para-hydroxylation sites is 1. The van der Waals surface area contributed by atoms with Crippen LogP contribution in [-0.2, 0) is 17.4 Å². The number of hydrogen-bond acceptors (Lipinski definition) is 1. The molecule has 64 valence electrons. The van der Waals surface area contributed by atoms with E-state index in [9.17, 15) is 4.21 Å². The lowest BCUT2D eigenvalue weighted by Crippen LogP contribution is -2.21. The second-order valence-corrected chi connectivity index (χ2v) is 4.19. The van der Waals surface area contributed by atoms with Crippen LogP contribution < -0.4 is 4.31 Å². The minimum Gasteiger partial charge on any atom is -0.291 e. The topological polar surface area (TPSA) is 20.3 Å². The molecule has 0 bridgehead atoms. The van der Waals surface area contributed by atoms with Crippen LogP contribution in [0.25, 0.3) is 0 Å². The molecule has 2 rings (SSSR count). The molecular formula is C9H11NOS. The first-order chi connectivity index (χ1) is 5.79. The Morgan fingerprint density at radius 3 is 2.92 bits per heavy atom. The average Bonchev–Trinajstić information content (AvgIpc) is 2.47. The number of fused-ring (bicyclic) bond motifs is 1. The first-order valence-electron chi connectivity index (χ1n) is 3.98. The van der Waals surface area contributed by atoms with Gasteiger partial charge in [-0.3, -0.25) is 4.31 Å². The first kappa shape index (κ1) is 7.80. The SMILES string of the molecule is CS(=O)N1CCc2ccccc21. The van der Waals surface area contributed by atoms with Gasteiger partial charge in [-0.15, -0.1) is 0 Å². The fourth-order valence-corrected chi connectivity index (χ4v) is 2.38. The van der Waals surface area contributed by atoms with Gasteiger partial charge in [-0.2, -0.15) is 0 Å². The summed E-state index contributed by atoms with van der Waals surface area (Å²) in [5.41, 5.74) is 2.45. The van der Waals surface area contributed by atoms with Crippen LogP contribution in [0.15, 0.2) is 24.3 Å². The lowest BCUT2D eigenvalue weighted by Gasteiger charge is -2.14. The minimum atomic E-state index is -0.869. The third-order valence-corrected chi connectivity index (χ3v) is 3.15. The normalized spacial score (nSPS) is 17.6. The second-order valence-electron chi connectivity index (χ2n) is 2.90. The number of rotatable bonds is 1. The highest BCUT2D eigenvalue weighted by Crippen LogP contribution is 2.27. The Hall–Kier alpha value is -0.830. The van der Waals surface area contributed by atoms with Crippen LogP contribution in [0.4, 0.5) is 5.69 Å². The molecule has 0 saturated heterocycles. The molecular weight excluding hydrogens is 170 g/mol. The summed E-state index contributed by atoms with van der Waals surface area (Å²) in [6.45, 7) is 0.891. The second kappa shape index (κ2) is 2.90. The van der Waals surface area contributed by atoms with E-state index in [0.29, 0.717) is 0 Å². The van der Waals surface area contributed by atoms with Crippen molar-refractivity contribution in [1.29, 1.82) is 0 Å². The smallest absolute Gasteiger partial charge is 0.116 e. The van der Waals surface area contributed by atoms with Crippen molar-refractivity contribution in [1.82, 2.24) is 0 Å². The van der Waals surface area contributed by atoms with Gasteiger partial charge in [-0.05, 0) is 18.1 Å². The van der Waals surface area contributed by atoms with Gasteiger partial charge < -0.3 is 0 Å². The van der Waals surface area contributed by atoms with Gasteiger partial charge in [-0.25, -0.2) is 4.21 Å². The zero-order valence-corrected chi connectivity index (χ0v) is 7.80. The van der Waals surface area contributed by atoms with E-state index in [1.165, 1.54) is 5.56 Å². The van der Waals surface area contributed by atoms with Crippen LogP contribution in [0, 0.1) is 0 Å². The quantitative estimate of drug-likeness (QED) is 0.640. The van der Waals surface area contributed by atoms with Crippen molar-refractivity contribution >= 4 is 16.7 Å². The molecule has 1 atom stereocenters. The van der Waals surface area contributed by atoms with Crippen molar-refractivity contribution in [2.75, 3.05) is 17.1 Å². The molecule has 1 aromatic rings. The van der Waals surface area contributed by atoms with E-state index in [0.717, 1.165) is 18.7 Å². The molecule has 1 heterocycles. The third-order valence-electron chi connectivity index (χ3n) is 2.15. The lowest BCUT2D eigenvalue weighted by atomic mass is 10.2. The van der Waals surface area contributed by atoms with E-state index in [-0.39, 0.29) is 0 Å². The summed E-state index contributed by atoms with van der Waals surface area (Å²) in [6, 6.07) is 8.15. The minimum absolute atomic E-state index is 0.869. The van der Waals surface area contributed by atoms with Gasteiger partial charge in [0.2, 0.25) is 0 Å². The van der Waals surface area contributed by atoms with Crippen molar-refractivity contribution in [3.63, 3.8) is 0 Å². The molecule has 1 aromatic carbocycles. The summed E-state index contributed by atoms with van der Waals surface area (Å²) >= 11 is 0. The maximum Gasteiger partial charge on any atom is 0.116 e. The lowest BCUT2D eigenvalue weighted by molar-refractivity contribution is 0.684. The molecule has 1 aliphatic heterocycles. The van der Waals surface area contributed by atoms with Crippen molar-refractivity contribution in [2.45, 2.75) is 6.42 Å². The summed E-state index contributed by atoms with van der Waals surface area (Å²) < 4.78 is 13.2. The van der Waals surface area contributed by atoms with E-state index in [1.807, 2.05) is 22.5 Å². The molecule has 0 aliphatic carbocycles. The van der Waals surface area contributed by atoms with Gasteiger partial charge >= 0.3 is 0 Å². The zero-order chi connectivity index (χ0) is 8.55. The van der Waals surface area contributed by atoms with Gasteiger partial charge in [0.1, 0.15) is 11.0 Å². The van der Waals surface area contributed by atoms with Crippen LogP contribution in [0.1, 0.15) is 5.56 Å². The van der Waals surface area contributed by atoms with Gasteiger partial charge in [0.15, 0.2) is 0 Å². The first-order valence-corrected chi connectivity index (χ1v) is 5.49. The summed E-state index contributed by atoms with van der Waals surface area (Å²) in [7, 11) is -0.869. The maximum absolute atomic E-state index is 11.2. The predicted molar refractivity (Wildman–Crippen MR) is 51.6 cm³/mol. The predicted octanol–water partition coefficient (Wildman–Crippen LogP) is 1.34. The maximum atomic E-state index is 11.2. The van der Waals surface area contributed by atoms with Crippen LogP contribution in [0.2, 0.25) is 0 Å². The Morgan fingerprint density at radius 2 is 2.17 bits per heavy atom. The summed E-state index contributed by atoms with van der Waals surface area (Å²) in [6.07, 6.45) is 2.75. The molecule has 0 spiro atoms. The molecule has 12 heavy (non-hydrogen) atoms. The Bertz CT molecular complexity index is 324. The molecule has 0 radical (unpaired) electrons. The Balaban J connectivity index is 2.42. The van der Waals surface area contributed by atoms with Crippen LogP contribution in [0.3, 0.4) is 0 Å². The standard InChI is InChI=1S/C9H11NOS/c1-12(11)10-7-6-8-4-2-3-5-9(8)10/h2-5H,6-7H2,1H3. The molecule has 0 N–H and O–H groups in total. The highest BCUT2D eigenvalue weighted by Gasteiger charge is 2.20. The van der Waals surface area contributed by atoms with Gasteiger partial charge in [0.05, 0.1) is 5.69 Å². The van der Waals surface area contributed by atoms with E-state index >= 15 is 0 Å². The Morgan fingerprint density at radius 1 is 1.42 bits per heavy atom. The van der Waals surface area contributed by atoms with Crippen LogP contribution in [0.5, 0.6) is 0 Å². The number of anilines is 1. The molecule has 2 nitrogen and oxygen atoms in total. The van der Waals surface area contributed by atoms with Crippen molar-refractivity contribution in [2.24, 2.45) is 0 Å². The Kier molecular flexibility index (Phi) is 1.89. The van der Waals surface area contributed by atoms with Crippen LogP contribution in [-0.4, -0.2) is 17.0 Å². The monoisotopic (exact) mass is 181 g/mol. The highest BCUT2D eigenvalue weighted by molar-refractivity contribution is 7.85. The van der Waals surface area contributed by atoms with Crippen LogP contribution >= 0.6 is 0 Å². The molecule has 1 aliphatic rings. The van der Waals surface area contributed by atoms with Crippen molar-refractivity contribution in [3.8, 4) is 0 Å². The largest absolute Gasteiger partial charge is 0.291 e. The van der Waals surface area contributed by atoms with E-state index in [2.05, 4.69) is 6.07 Å². The third kappa shape index (κ3) is 1.14. The average molecular weight is 181 g/mol. The molecule has 0 aromatic heterocycles. The summed E-state index contributed by atoms with van der Waals surface area (Å²) in [4.78, 5) is 0. The molecule has 1 unspecified atom stereocenters. The zero-order valence-electron chi connectivity index (χ0n) is 6.99. The van der Waals surface area contributed by atoms with E-state index in [4.69, 9.17) is 0 Å². The summed E-state index contributed by atoms with van der Waals surface area (Å²) in [5, 5.41) is 0. The van der Waals surface area contributed by atoms with E-state index < -0.39 is 11.0 Å². The molecule has 0 amide bonds.